The van der Waals surface area contributed by atoms with Gasteiger partial charge in [-0.1, -0.05) is 218 Å². The average Bonchev–Trinajstić information content (AvgIpc) is 3.13. The van der Waals surface area contributed by atoms with Crippen LogP contribution < -0.4 is 5.32 Å². The van der Waals surface area contributed by atoms with Gasteiger partial charge in [-0.05, 0) is 44.9 Å². The molecule has 0 aromatic rings. The monoisotopic (exact) mass is 720 g/mol. The first-order valence-corrected chi connectivity index (χ1v) is 22.7. The van der Waals surface area contributed by atoms with Crippen LogP contribution in [0, 0.1) is 0 Å². The van der Waals surface area contributed by atoms with Gasteiger partial charge in [0.25, 0.3) is 0 Å². The first kappa shape index (κ1) is 49.8. The molecule has 0 rings (SSSR count). The summed E-state index contributed by atoms with van der Waals surface area (Å²) in [6.45, 7) is 4.19. The van der Waals surface area contributed by atoms with Gasteiger partial charge in [0.2, 0.25) is 5.91 Å². The van der Waals surface area contributed by atoms with Crippen LogP contribution in [0.25, 0.3) is 0 Å². The maximum absolute atomic E-state index is 12.5. The molecule has 0 aromatic heterocycles. The van der Waals surface area contributed by atoms with Crippen molar-refractivity contribution in [2.45, 2.75) is 257 Å². The summed E-state index contributed by atoms with van der Waals surface area (Å²) in [6, 6.07) is -0.798. The van der Waals surface area contributed by atoms with Crippen LogP contribution >= 0.6 is 0 Å². The van der Waals surface area contributed by atoms with Gasteiger partial charge >= 0.3 is 0 Å². The predicted octanol–water partition coefficient (Wildman–Crippen LogP) is 13.0. The molecule has 0 saturated carbocycles. The molecule has 0 aliphatic rings. The molecule has 4 N–H and O–H groups in total. The number of rotatable bonds is 41. The van der Waals surface area contributed by atoms with E-state index in [0.717, 1.165) is 32.1 Å². The largest absolute Gasteiger partial charge is 0.394 e. The molecule has 1 amide bonds. The summed E-state index contributed by atoms with van der Waals surface area (Å²) >= 11 is 0. The lowest BCUT2D eigenvalue weighted by atomic mass is 10.0. The molecule has 0 heterocycles. The fraction of sp³-hybridized carbons (Fsp3) is 0.891. The van der Waals surface area contributed by atoms with Crippen LogP contribution in [0.4, 0.5) is 0 Å². The molecule has 5 nitrogen and oxygen atoms in total. The number of amides is 1. The molecule has 0 bridgehead atoms. The molecule has 0 aliphatic carbocycles. The number of carbonyl (C=O) groups is 1. The van der Waals surface area contributed by atoms with Gasteiger partial charge in [0.05, 0.1) is 18.8 Å². The van der Waals surface area contributed by atoms with Crippen molar-refractivity contribution >= 4 is 5.91 Å². The van der Waals surface area contributed by atoms with Gasteiger partial charge in [-0.25, -0.2) is 0 Å². The van der Waals surface area contributed by atoms with Gasteiger partial charge in [-0.3, -0.25) is 4.79 Å². The van der Waals surface area contributed by atoms with Crippen molar-refractivity contribution in [3.8, 4) is 0 Å². The Balaban J connectivity index is 3.67. The number of unbranched alkanes of at least 4 members (excludes halogenated alkanes) is 31. The van der Waals surface area contributed by atoms with E-state index in [4.69, 9.17) is 0 Å². The average molecular weight is 720 g/mol. The van der Waals surface area contributed by atoms with E-state index in [0.29, 0.717) is 6.42 Å². The molecule has 0 spiro atoms. The molecule has 0 aromatic carbocycles. The third-order valence-corrected chi connectivity index (χ3v) is 10.5. The van der Waals surface area contributed by atoms with Crippen molar-refractivity contribution in [3.05, 3.63) is 24.3 Å². The molecular weight excluding hydrogens is 631 g/mol. The summed E-state index contributed by atoms with van der Waals surface area (Å²) < 4.78 is 0. The standard InChI is InChI=1S/C46H89NO4/c1-3-5-7-9-11-13-15-17-19-21-23-25-27-29-31-33-35-37-39-41-45(50)46(51)47-43(42-48)44(49)40-38-36-34-32-30-28-26-24-22-20-18-16-14-12-10-8-6-4-2/h23,25,38,40,43-45,48-50H,3-22,24,26-37,39,41-42H2,1-2H3,(H,47,51)/b25-23-,40-38+. The van der Waals surface area contributed by atoms with Crippen molar-refractivity contribution in [2.75, 3.05) is 6.61 Å². The van der Waals surface area contributed by atoms with Crippen LogP contribution in [-0.2, 0) is 4.79 Å². The van der Waals surface area contributed by atoms with Crippen LogP contribution in [0.3, 0.4) is 0 Å². The highest BCUT2D eigenvalue weighted by molar-refractivity contribution is 5.80. The molecule has 5 heteroatoms. The van der Waals surface area contributed by atoms with E-state index >= 15 is 0 Å². The maximum Gasteiger partial charge on any atom is 0.249 e. The van der Waals surface area contributed by atoms with E-state index in [1.54, 1.807) is 6.08 Å². The van der Waals surface area contributed by atoms with E-state index in [1.807, 2.05) is 6.08 Å². The van der Waals surface area contributed by atoms with E-state index in [1.165, 1.54) is 186 Å². The number of allylic oxidation sites excluding steroid dienone is 3. The predicted molar refractivity (Wildman–Crippen MR) is 222 cm³/mol. The summed E-state index contributed by atoms with van der Waals surface area (Å²) in [6.07, 6.45) is 50.6. The van der Waals surface area contributed by atoms with Gasteiger partial charge in [-0.2, -0.15) is 0 Å². The Labute approximate surface area is 318 Å². The Hall–Kier alpha value is -1.17. The zero-order valence-corrected chi connectivity index (χ0v) is 34.2. The number of carbonyl (C=O) groups excluding carboxylic acids is 1. The molecule has 51 heavy (non-hydrogen) atoms. The molecule has 0 radical (unpaired) electrons. The molecular formula is C46H89NO4. The lowest BCUT2D eigenvalue weighted by Gasteiger charge is -2.21. The summed E-state index contributed by atoms with van der Waals surface area (Å²) in [5, 5.41) is 33.2. The Morgan fingerprint density at radius 2 is 0.784 bits per heavy atom. The number of aliphatic hydroxyl groups excluding tert-OH is 3. The molecule has 0 saturated heterocycles. The Bertz CT molecular complexity index is 754. The molecule has 0 aliphatic heterocycles. The van der Waals surface area contributed by atoms with Crippen molar-refractivity contribution in [1.29, 1.82) is 0 Å². The number of aliphatic hydroxyl groups is 3. The summed E-state index contributed by atoms with van der Waals surface area (Å²) in [7, 11) is 0. The number of nitrogens with one attached hydrogen (secondary N) is 1. The van der Waals surface area contributed by atoms with Crippen LogP contribution in [0.1, 0.15) is 239 Å². The smallest absolute Gasteiger partial charge is 0.249 e. The first-order valence-electron chi connectivity index (χ1n) is 22.7. The first-order chi connectivity index (χ1) is 25.1. The minimum atomic E-state index is -1.10. The molecule has 0 fully saturated rings. The minimum absolute atomic E-state index is 0.364. The van der Waals surface area contributed by atoms with Gasteiger partial charge in [0.15, 0.2) is 0 Å². The van der Waals surface area contributed by atoms with Crippen molar-refractivity contribution in [1.82, 2.24) is 5.32 Å². The van der Waals surface area contributed by atoms with E-state index in [2.05, 4.69) is 31.3 Å². The van der Waals surface area contributed by atoms with Gasteiger partial charge in [0.1, 0.15) is 6.10 Å². The van der Waals surface area contributed by atoms with Crippen LogP contribution in [0.5, 0.6) is 0 Å². The number of hydrogen-bond acceptors (Lipinski definition) is 4. The Morgan fingerprint density at radius 1 is 0.471 bits per heavy atom. The van der Waals surface area contributed by atoms with E-state index in [9.17, 15) is 20.1 Å². The number of hydrogen-bond donors (Lipinski definition) is 4. The second-order valence-electron chi connectivity index (χ2n) is 15.6. The topological polar surface area (TPSA) is 89.8 Å². The third-order valence-electron chi connectivity index (χ3n) is 10.5. The minimum Gasteiger partial charge on any atom is -0.394 e. The summed E-state index contributed by atoms with van der Waals surface area (Å²) in [4.78, 5) is 12.5. The van der Waals surface area contributed by atoms with Crippen LogP contribution in [0.2, 0.25) is 0 Å². The SMILES string of the molecule is CCCCCCCCCCC/C=C\CCCCCCCCC(O)C(=O)NC(CO)C(O)/C=C/CCCCCCCCCCCCCCCCCC. The lowest BCUT2D eigenvalue weighted by molar-refractivity contribution is -0.131. The van der Waals surface area contributed by atoms with Crippen molar-refractivity contribution < 1.29 is 20.1 Å². The normalized spacial score (nSPS) is 13.7. The second-order valence-corrected chi connectivity index (χ2v) is 15.6. The van der Waals surface area contributed by atoms with Crippen LogP contribution in [0.15, 0.2) is 24.3 Å². The fourth-order valence-corrected chi connectivity index (χ4v) is 6.94. The third kappa shape index (κ3) is 37.0. The quantitative estimate of drug-likeness (QED) is 0.0374. The zero-order chi connectivity index (χ0) is 37.3. The van der Waals surface area contributed by atoms with Gasteiger partial charge in [0, 0.05) is 0 Å². The van der Waals surface area contributed by atoms with Crippen molar-refractivity contribution in [3.63, 3.8) is 0 Å². The highest BCUT2D eigenvalue weighted by atomic mass is 16.3. The highest BCUT2D eigenvalue weighted by Gasteiger charge is 2.22. The van der Waals surface area contributed by atoms with Crippen LogP contribution in [-0.4, -0.2) is 46.1 Å². The molecule has 3 unspecified atom stereocenters. The summed E-state index contributed by atoms with van der Waals surface area (Å²) in [5.41, 5.74) is 0. The second kappa shape index (κ2) is 41.6. The maximum atomic E-state index is 12.5. The highest BCUT2D eigenvalue weighted by Crippen LogP contribution is 2.15. The van der Waals surface area contributed by atoms with Crippen molar-refractivity contribution in [2.24, 2.45) is 0 Å². The van der Waals surface area contributed by atoms with Gasteiger partial charge in [-0.15, -0.1) is 0 Å². The Kier molecular flexibility index (Phi) is 40.6. The lowest BCUT2D eigenvalue weighted by Crippen LogP contribution is -2.48. The van der Waals surface area contributed by atoms with E-state index in [-0.39, 0.29) is 6.61 Å². The zero-order valence-electron chi connectivity index (χ0n) is 34.2. The Morgan fingerprint density at radius 3 is 1.14 bits per heavy atom. The molecule has 3 atom stereocenters. The fourth-order valence-electron chi connectivity index (χ4n) is 6.94. The van der Waals surface area contributed by atoms with Gasteiger partial charge < -0.3 is 20.6 Å². The van der Waals surface area contributed by atoms with E-state index < -0.39 is 24.2 Å². The summed E-state index contributed by atoms with van der Waals surface area (Å²) in [5.74, 6) is -0.506. The molecule has 302 valence electrons.